The van der Waals surface area contributed by atoms with Crippen LogP contribution in [0.5, 0.6) is 0 Å². The molecule has 5 heteroatoms. The van der Waals surface area contributed by atoms with Crippen LogP contribution in [0.15, 0.2) is 5.10 Å². The predicted octanol–water partition coefficient (Wildman–Crippen LogP) is 2.28. The molecule has 1 saturated heterocycles. The van der Waals surface area contributed by atoms with E-state index in [-0.39, 0.29) is 17.2 Å². The van der Waals surface area contributed by atoms with E-state index in [0.29, 0.717) is 5.92 Å². The SMILES string of the molecule is C/C(=N\NC(=O)C1CCCCC1Cl)C1CCNCC1. The number of halogens is 1. The third-order valence-electron chi connectivity index (χ3n) is 4.29. The van der Waals surface area contributed by atoms with Crippen LogP contribution in [0.3, 0.4) is 0 Å². The molecule has 2 fully saturated rings. The van der Waals surface area contributed by atoms with Crippen molar-refractivity contribution in [1.82, 2.24) is 10.7 Å². The first-order chi connectivity index (χ1) is 9.18. The van der Waals surface area contributed by atoms with Gasteiger partial charge in [0.2, 0.25) is 5.91 Å². The standard InChI is InChI=1S/C14H24ClN3O/c1-10(11-6-8-16-9-7-11)17-18-14(19)12-4-2-3-5-13(12)15/h11-13,16H,2-9H2,1H3,(H,18,19)/b17-10+. The van der Waals surface area contributed by atoms with Crippen molar-refractivity contribution in [2.75, 3.05) is 13.1 Å². The first-order valence-electron chi connectivity index (χ1n) is 7.37. The van der Waals surface area contributed by atoms with E-state index in [1.54, 1.807) is 0 Å². The summed E-state index contributed by atoms with van der Waals surface area (Å²) in [5.41, 5.74) is 3.76. The fourth-order valence-corrected chi connectivity index (χ4v) is 3.33. The van der Waals surface area contributed by atoms with Gasteiger partial charge in [-0.05, 0) is 45.7 Å². The number of nitrogens with zero attached hydrogens (tertiary/aromatic N) is 1. The molecule has 4 nitrogen and oxygen atoms in total. The lowest BCUT2D eigenvalue weighted by molar-refractivity contribution is -0.125. The highest BCUT2D eigenvalue weighted by atomic mass is 35.5. The number of alkyl halides is 1. The Kier molecular flexibility index (Phi) is 5.64. The quantitative estimate of drug-likeness (QED) is 0.475. The molecular formula is C14H24ClN3O. The zero-order chi connectivity index (χ0) is 13.7. The van der Waals surface area contributed by atoms with Gasteiger partial charge in [-0.3, -0.25) is 4.79 Å². The summed E-state index contributed by atoms with van der Waals surface area (Å²) in [4.78, 5) is 12.1. The van der Waals surface area contributed by atoms with Crippen molar-refractivity contribution >= 4 is 23.2 Å². The summed E-state index contributed by atoms with van der Waals surface area (Å²) in [7, 11) is 0. The average molecular weight is 286 g/mol. The van der Waals surface area contributed by atoms with Crippen molar-refractivity contribution < 1.29 is 4.79 Å². The van der Waals surface area contributed by atoms with E-state index in [4.69, 9.17) is 11.6 Å². The van der Waals surface area contributed by atoms with Crippen LogP contribution >= 0.6 is 11.6 Å². The summed E-state index contributed by atoms with van der Waals surface area (Å²) in [6, 6.07) is 0. The van der Waals surface area contributed by atoms with Gasteiger partial charge in [0.25, 0.3) is 0 Å². The number of carbonyl (C=O) groups is 1. The van der Waals surface area contributed by atoms with Crippen molar-refractivity contribution in [3.05, 3.63) is 0 Å². The molecule has 0 aromatic rings. The Bertz CT molecular complexity index is 340. The van der Waals surface area contributed by atoms with Gasteiger partial charge in [0.05, 0.1) is 5.92 Å². The normalized spacial score (nSPS) is 30.1. The number of nitrogens with one attached hydrogen (secondary N) is 2. The van der Waals surface area contributed by atoms with Crippen LogP contribution in [0.2, 0.25) is 0 Å². The molecule has 1 aliphatic carbocycles. The molecule has 0 bridgehead atoms. The fourth-order valence-electron chi connectivity index (χ4n) is 2.94. The first kappa shape index (κ1) is 14.8. The van der Waals surface area contributed by atoms with Crippen molar-refractivity contribution in [3.8, 4) is 0 Å². The highest BCUT2D eigenvalue weighted by molar-refractivity contribution is 6.22. The number of hydrogen-bond acceptors (Lipinski definition) is 3. The summed E-state index contributed by atoms with van der Waals surface area (Å²) >= 11 is 6.22. The van der Waals surface area contributed by atoms with Crippen LogP contribution in [0.4, 0.5) is 0 Å². The Labute approximate surface area is 120 Å². The summed E-state index contributed by atoms with van der Waals surface area (Å²) in [6.07, 6.45) is 6.27. The molecule has 0 aromatic heterocycles. The van der Waals surface area contributed by atoms with E-state index in [1.165, 1.54) is 0 Å². The van der Waals surface area contributed by atoms with E-state index >= 15 is 0 Å². The van der Waals surface area contributed by atoms with E-state index in [1.807, 2.05) is 6.92 Å². The van der Waals surface area contributed by atoms with Gasteiger partial charge in [-0.1, -0.05) is 12.8 Å². The zero-order valence-corrected chi connectivity index (χ0v) is 12.4. The van der Waals surface area contributed by atoms with E-state index in [2.05, 4.69) is 15.8 Å². The van der Waals surface area contributed by atoms with Crippen LogP contribution in [-0.2, 0) is 4.79 Å². The highest BCUT2D eigenvalue weighted by Crippen LogP contribution is 2.28. The average Bonchev–Trinajstić information content (AvgIpc) is 2.46. The van der Waals surface area contributed by atoms with E-state index in [9.17, 15) is 4.79 Å². The summed E-state index contributed by atoms with van der Waals surface area (Å²) in [6.45, 7) is 4.09. The Hall–Kier alpha value is -0.610. The molecule has 1 heterocycles. The molecular weight excluding hydrogens is 262 g/mol. The maximum absolute atomic E-state index is 12.1. The molecule has 0 aromatic carbocycles. The fraction of sp³-hybridized carbons (Fsp3) is 0.857. The number of carbonyl (C=O) groups excluding carboxylic acids is 1. The predicted molar refractivity (Wildman–Crippen MR) is 78.4 cm³/mol. The summed E-state index contributed by atoms with van der Waals surface area (Å²) in [5, 5.41) is 7.60. The Morgan fingerprint density at radius 1 is 1.21 bits per heavy atom. The number of rotatable bonds is 3. The topological polar surface area (TPSA) is 53.5 Å². The second kappa shape index (κ2) is 7.25. The van der Waals surface area contributed by atoms with Gasteiger partial charge in [-0.25, -0.2) is 5.43 Å². The third-order valence-corrected chi connectivity index (χ3v) is 4.81. The lowest BCUT2D eigenvalue weighted by Crippen LogP contribution is -2.36. The largest absolute Gasteiger partial charge is 0.317 e. The van der Waals surface area contributed by atoms with Gasteiger partial charge in [-0.2, -0.15) is 5.10 Å². The molecule has 2 aliphatic rings. The number of piperidine rings is 1. The second-order valence-electron chi connectivity index (χ2n) is 5.66. The number of hydrazone groups is 1. The molecule has 1 amide bonds. The minimum Gasteiger partial charge on any atom is -0.317 e. The van der Waals surface area contributed by atoms with Gasteiger partial charge < -0.3 is 5.32 Å². The monoisotopic (exact) mass is 285 g/mol. The zero-order valence-electron chi connectivity index (χ0n) is 11.6. The number of amides is 1. The van der Waals surface area contributed by atoms with Crippen LogP contribution < -0.4 is 10.7 Å². The Balaban J connectivity index is 1.84. The summed E-state index contributed by atoms with van der Waals surface area (Å²) < 4.78 is 0. The smallest absolute Gasteiger partial charge is 0.244 e. The lowest BCUT2D eigenvalue weighted by atomic mass is 9.88. The molecule has 1 aliphatic heterocycles. The van der Waals surface area contributed by atoms with Crippen LogP contribution in [0.25, 0.3) is 0 Å². The van der Waals surface area contributed by atoms with Crippen LogP contribution in [-0.4, -0.2) is 30.1 Å². The van der Waals surface area contributed by atoms with E-state index < -0.39 is 0 Å². The molecule has 1 saturated carbocycles. The Morgan fingerprint density at radius 3 is 2.58 bits per heavy atom. The van der Waals surface area contributed by atoms with Crippen LogP contribution in [0.1, 0.15) is 45.4 Å². The van der Waals surface area contributed by atoms with Crippen molar-refractivity contribution in [2.24, 2.45) is 16.9 Å². The summed E-state index contributed by atoms with van der Waals surface area (Å²) in [5.74, 6) is 0.424. The molecule has 19 heavy (non-hydrogen) atoms. The minimum absolute atomic E-state index is 0.00650. The van der Waals surface area contributed by atoms with Gasteiger partial charge in [-0.15, -0.1) is 11.6 Å². The Morgan fingerprint density at radius 2 is 1.89 bits per heavy atom. The molecule has 2 N–H and O–H groups in total. The van der Waals surface area contributed by atoms with E-state index in [0.717, 1.165) is 57.3 Å². The number of hydrogen-bond donors (Lipinski definition) is 2. The van der Waals surface area contributed by atoms with Crippen molar-refractivity contribution in [1.29, 1.82) is 0 Å². The lowest BCUT2D eigenvalue weighted by Gasteiger charge is -2.25. The van der Waals surface area contributed by atoms with Crippen LogP contribution in [0, 0.1) is 11.8 Å². The second-order valence-corrected chi connectivity index (χ2v) is 6.22. The molecule has 2 rings (SSSR count). The minimum atomic E-state index is -0.0695. The van der Waals surface area contributed by atoms with Gasteiger partial charge in [0.15, 0.2) is 0 Å². The van der Waals surface area contributed by atoms with Gasteiger partial charge >= 0.3 is 0 Å². The molecule has 2 unspecified atom stereocenters. The maximum Gasteiger partial charge on any atom is 0.244 e. The first-order valence-corrected chi connectivity index (χ1v) is 7.81. The van der Waals surface area contributed by atoms with Crippen molar-refractivity contribution in [2.45, 2.75) is 50.8 Å². The van der Waals surface area contributed by atoms with Crippen molar-refractivity contribution in [3.63, 3.8) is 0 Å². The molecule has 0 spiro atoms. The molecule has 0 radical (unpaired) electrons. The maximum atomic E-state index is 12.1. The highest BCUT2D eigenvalue weighted by Gasteiger charge is 2.29. The molecule has 108 valence electrons. The van der Waals surface area contributed by atoms with Gasteiger partial charge in [0, 0.05) is 17.0 Å². The molecule has 2 atom stereocenters. The third kappa shape index (κ3) is 4.18. The van der Waals surface area contributed by atoms with Gasteiger partial charge in [0.1, 0.15) is 0 Å².